The zero-order chi connectivity index (χ0) is 10.5. The third-order valence-corrected chi connectivity index (χ3v) is 2.16. The van der Waals surface area contributed by atoms with Crippen molar-refractivity contribution in [1.82, 2.24) is 0 Å². The molecule has 0 unspecified atom stereocenters. The first-order chi connectivity index (χ1) is 7.34. The maximum absolute atomic E-state index is 5.14. The van der Waals surface area contributed by atoms with E-state index in [9.17, 15) is 0 Å². The van der Waals surface area contributed by atoms with Crippen molar-refractivity contribution in [3.63, 3.8) is 0 Å². The zero-order valence-corrected chi connectivity index (χ0v) is 8.68. The molecule has 2 nitrogen and oxygen atoms in total. The second kappa shape index (κ2) is 4.60. The molecule has 0 aliphatic carbocycles. The van der Waals surface area contributed by atoms with Gasteiger partial charge in [0, 0.05) is 0 Å². The Kier molecular flexibility index (Phi) is 2.98. The molecule has 0 fully saturated rings. The number of hydrogen-bond donors (Lipinski definition) is 0. The van der Waals surface area contributed by atoms with Crippen molar-refractivity contribution in [1.29, 1.82) is 0 Å². The van der Waals surface area contributed by atoms with Gasteiger partial charge in [0.15, 0.2) is 0 Å². The monoisotopic (exact) mass is 199 g/mol. The molecule has 0 atom stereocenters. The number of rotatable bonds is 3. The minimum absolute atomic E-state index is 0.695. The average Bonchev–Trinajstić information content (AvgIpc) is 2.74. The maximum Gasteiger partial charge on any atom is 0.144 e. The summed E-state index contributed by atoms with van der Waals surface area (Å²) in [6, 6.07) is 12.1. The first kappa shape index (κ1) is 9.71. The molecule has 0 aliphatic rings. The SMILES string of the molecule is Cc1ccc(CN=Cc2ccco2)cc1. The molecule has 0 bridgehead atoms. The van der Waals surface area contributed by atoms with E-state index in [1.807, 2.05) is 12.1 Å². The van der Waals surface area contributed by atoms with E-state index in [0.29, 0.717) is 6.54 Å². The molecular weight excluding hydrogens is 186 g/mol. The van der Waals surface area contributed by atoms with Gasteiger partial charge in [0.25, 0.3) is 0 Å². The predicted octanol–water partition coefficient (Wildman–Crippen LogP) is 3.21. The lowest BCUT2D eigenvalue weighted by molar-refractivity contribution is 0.560. The lowest BCUT2D eigenvalue weighted by Gasteiger charge is -1.96. The van der Waals surface area contributed by atoms with Gasteiger partial charge >= 0.3 is 0 Å². The second-order valence-corrected chi connectivity index (χ2v) is 3.47. The van der Waals surface area contributed by atoms with Gasteiger partial charge in [-0.15, -0.1) is 0 Å². The molecule has 15 heavy (non-hydrogen) atoms. The van der Waals surface area contributed by atoms with E-state index in [0.717, 1.165) is 5.76 Å². The number of aliphatic imine (C=N–C) groups is 1. The first-order valence-electron chi connectivity index (χ1n) is 4.93. The Morgan fingerprint density at radius 1 is 1.20 bits per heavy atom. The average molecular weight is 199 g/mol. The molecule has 0 saturated carbocycles. The molecule has 0 N–H and O–H groups in total. The van der Waals surface area contributed by atoms with Gasteiger partial charge in [0.2, 0.25) is 0 Å². The van der Waals surface area contributed by atoms with E-state index in [1.54, 1.807) is 12.5 Å². The molecule has 2 rings (SSSR count). The molecule has 1 aromatic carbocycles. The zero-order valence-electron chi connectivity index (χ0n) is 8.68. The molecule has 76 valence electrons. The lowest BCUT2D eigenvalue weighted by Crippen LogP contribution is -1.83. The van der Waals surface area contributed by atoms with E-state index >= 15 is 0 Å². The number of furan rings is 1. The first-order valence-corrected chi connectivity index (χ1v) is 4.93. The molecule has 0 aliphatic heterocycles. The van der Waals surface area contributed by atoms with Crippen molar-refractivity contribution in [2.24, 2.45) is 4.99 Å². The van der Waals surface area contributed by atoms with Gasteiger partial charge in [-0.3, -0.25) is 4.99 Å². The van der Waals surface area contributed by atoms with Crippen LogP contribution in [0.15, 0.2) is 52.1 Å². The Labute approximate surface area is 89.3 Å². The summed E-state index contributed by atoms with van der Waals surface area (Å²) in [5.74, 6) is 0.794. The number of aryl methyl sites for hydroxylation is 1. The van der Waals surface area contributed by atoms with Crippen LogP contribution in [-0.4, -0.2) is 6.21 Å². The summed E-state index contributed by atoms with van der Waals surface area (Å²) in [4.78, 5) is 4.29. The Hall–Kier alpha value is -1.83. The van der Waals surface area contributed by atoms with Gasteiger partial charge in [0.1, 0.15) is 5.76 Å². The molecule has 0 spiro atoms. The Morgan fingerprint density at radius 3 is 2.67 bits per heavy atom. The molecule has 0 radical (unpaired) electrons. The van der Waals surface area contributed by atoms with Crippen LogP contribution in [0.3, 0.4) is 0 Å². The van der Waals surface area contributed by atoms with Crippen LogP contribution in [0.1, 0.15) is 16.9 Å². The molecule has 0 saturated heterocycles. The van der Waals surface area contributed by atoms with Crippen LogP contribution in [0.4, 0.5) is 0 Å². The highest BCUT2D eigenvalue weighted by Gasteiger charge is 1.90. The molecule has 1 aromatic heterocycles. The highest BCUT2D eigenvalue weighted by molar-refractivity contribution is 5.75. The van der Waals surface area contributed by atoms with Gasteiger partial charge in [-0.1, -0.05) is 29.8 Å². The van der Waals surface area contributed by atoms with Crippen molar-refractivity contribution in [3.05, 3.63) is 59.5 Å². The largest absolute Gasteiger partial charge is 0.463 e. The predicted molar refractivity (Wildman–Crippen MR) is 61.2 cm³/mol. The van der Waals surface area contributed by atoms with Crippen LogP contribution in [-0.2, 0) is 6.54 Å². The highest BCUT2D eigenvalue weighted by atomic mass is 16.3. The summed E-state index contributed by atoms with van der Waals surface area (Å²) in [6.45, 7) is 2.77. The molecule has 2 aromatic rings. The van der Waals surface area contributed by atoms with E-state index in [4.69, 9.17) is 4.42 Å². The van der Waals surface area contributed by atoms with Gasteiger partial charge < -0.3 is 4.42 Å². The third-order valence-electron chi connectivity index (χ3n) is 2.16. The Balaban J connectivity index is 1.96. The second-order valence-electron chi connectivity index (χ2n) is 3.47. The summed E-state index contributed by atoms with van der Waals surface area (Å²) in [6.07, 6.45) is 3.40. The smallest absolute Gasteiger partial charge is 0.144 e. The van der Waals surface area contributed by atoms with E-state index in [2.05, 4.69) is 36.2 Å². The fraction of sp³-hybridized carbons (Fsp3) is 0.154. The quantitative estimate of drug-likeness (QED) is 0.697. The van der Waals surface area contributed by atoms with E-state index < -0.39 is 0 Å². The summed E-state index contributed by atoms with van der Waals surface area (Å²) in [5.41, 5.74) is 2.48. The standard InChI is InChI=1S/C13H13NO/c1-11-4-6-12(7-5-11)9-14-10-13-3-2-8-15-13/h2-8,10H,9H2,1H3. The van der Waals surface area contributed by atoms with Crippen molar-refractivity contribution in [2.75, 3.05) is 0 Å². The summed E-state index contributed by atoms with van der Waals surface area (Å²) < 4.78 is 5.14. The fourth-order valence-electron chi connectivity index (χ4n) is 1.30. The van der Waals surface area contributed by atoms with Crippen LogP contribution in [0, 0.1) is 6.92 Å². The molecular formula is C13H13NO. The summed E-state index contributed by atoms with van der Waals surface area (Å²) in [5, 5.41) is 0. The van der Waals surface area contributed by atoms with Gasteiger partial charge in [-0.2, -0.15) is 0 Å². The minimum Gasteiger partial charge on any atom is -0.463 e. The number of benzene rings is 1. The van der Waals surface area contributed by atoms with Gasteiger partial charge in [-0.05, 0) is 24.6 Å². The molecule has 1 heterocycles. The highest BCUT2D eigenvalue weighted by Crippen LogP contribution is 2.04. The van der Waals surface area contributed by atoms with Crippen molar-refractivity contribution < 1.29 is 4.42 Å². The fourth-order valence-corrected chi connectivity index (χ4v) is 1.30. The molecule has 2 heteroatoms. The van der Waals surface area contributed by atoms with Crippen LogP contribution in [0.5, 0.6) is 0 Å². The number of hydrogen-bond acceptors (Lipinski definition) is 2. The normalized spacial score (nSPS) is 11.0. The van der Waals surface area contributed by atoms with Gasteiger partial charge in [0.05, 0.1) is 19.0 Å². The van der Waals surface area contributed by atoms with Crippen LogP contribution < -0.4 is 0 Å². The lowest BCUT2D eigenvalue weighted by atomic mass is 10.1. The third kappa shape index (κ3) is 2.81. The number of nitrogens with zero attached hydrogens (tertiary/aromatic N) is 1. The maximum atomic E-state index is 5.14. The van der Waals surface area contributed by atoms with E-state index in [-0.39, 0.29) is 0 Å². The molecule has 0 amide bonds. The van der Waals surface area contributed by atoms with Gasteiger partial charge in [-0.25, -0.2) is 0 Å². The summed E-state index contributed by atoms with van der Waals surface area (Å²) in [7, 11) is 0. The van der Waals surface area contributed by atoms with Crippen molar-refractivity contribution in [3.8, 4) is 0 Å². The Morgan fingerprint density at radius 2 is 2.00 bits per heavy atom. The topological polar surface area (TPSA) is 25.5 Å². The van der Waals surface area contributed by atoms with Crippen LogP contribution in [0.25, 0.3) is 0 Å². The Bertz CT molecular complexity index is 426. The van der Waals surface area contributed by atoms with Crippen LogP contribution >= 0.6 is 0 Å². The van der Waals surface area contributed by atoms with Crippen molar-refractivity contribution in [2.45, 2.75) is 13.5 Å². The minimum atomic E-state index is 0.695. The summed E-state index contributed by atoms with van der Waals surface area (Å²) >= 11 is 0. The van der Waals surface area contributed by atoms with Crippen molar-refractivity contribution >= 4 is 6.21 Å². The van der Waals surface area contributed by atoms with E-state index in [1.165, 1.54) is 11.1 Å². The van der Waals surface area contributed by atoms with Crippen LogP contribution in [0.2, 0.25) is 0 Å².